The third-order valence-corrected chi connectivity index (χ3v) is 2.98. The van der Waals surface area contributed by atoms with E-state index in [0.717, 1.165) is 35.7 Å². The van der Waals surface area contributed by atoms with E-state index >= 15 is 0 Å². The molecule has 0 atom stereocenters. The molecule has 0 aliphatic heterocycles. The van der Waals surface area contributed by atoms with Gasteiger partial charge in [0.2, 0.25) is 0 Å². The van der Waals surface area contributed by atoms with Crippen molar-refractivity contribution in [3.8, 4) is 0 Å². The van der Waals surface area contributed by atoms with Crippen LogP contribution in [0.4, 0.5) is 0 Å². The first kappa shape index (κ1) is 10.9. The lowest BCUT2D eigenvalue weighted by Gasteiger charge is -2.10. The molecule has 1 heterocycles. The Morgan fingerprint density at radius 1 is 1.12 bits per heavy atom. The van der Waals surface area contributed by atoms with Crippen molar-refractivity contribution in [2.45, 2.75) is 33.1 Å². The van der Waals surface area contributed by atoms with Gasteiger partial charge >= 0.3 is 0 Å². The molecule has 0 unspecified atom stereocenters. The van der Waals surface area contributed by atoms with Gasteiger partial charge in [-0.15, -0.1) is 0 Å². The summed E-state index contributed by atoms with van der Waals surface area (Å²) in [4.78, 5) is 14.9. The van der Waals surface area contributed by atoms with Gasteiger partial charge in [0.1, 0.15) is 0 Å². The summed E-state index contributed by atoms with van der Waals surface area (Å²) in [6.07, 6.45) is 3.01. The van der Waals surface area contributed by atoms with Gasteiger partial charge in [0, 0.05) is 11.1 Å². The van der Waals surface area contributed by atoms with Crippen LogP contribution < -0.4 is 5.56 Å². The van der Waals surface area contributed by atoms with Crippen LogP contribution >= 0.6 is 0 Å². The van der Waals surface area contributed by atoms with Crippen molar-refractivity contribution in [2.24, 2.45) is 0 Å². The first-order valence-corrected chi connectivity index (χ1v) is 5.90. The average molecular weight is 215 g/mol. The maximum Gasteiger partial charge on any atom is 0.256 e. The number of benzene rings is 1. The molecule has 0 amide bonds. The molecule has 0 radical (unpaired) electrons. The van der Waals surface area contributed by atoms with Crippen LogP contribution in [0.15, 0.2) is 29.1 Å². The lowest BCUT2D eigenvalue weighted by Crippen LogP contribution is -2.12. The molecular formula is C14H17NO. The molecule has 1 N–H and O–H groups in total. The molecule has 2 heteroatoms. The minimum atomic E-state index is 0.0345. The second kappa shape index (κ2) is 4.52. The Bertz CT molecular complexity index is 554. The number of aromatic nitrogens is 1. The van der Waals surface area contributed by atoms with E-state index in [9.17, 15) is 4.79 Å². The molecule has 0 saturated carbocycles. The fraction of sp³-hybridized carbons (Fsp3) is 0.357. The largest absolute Gasteiger partial charge is 0.325 e. The topological polar surface area (TPSA) is 32.9 Å². The summed E-state index contributed by atoms with van der Waals surface area (Å²) < 4.78 is 0. The summed E-state index contributed by atoms with van der Waals surface area (Å²) in [6, 6.07) is 7.86. The predicted molar refractivity (Wildman–Crippen MR) is 67.9 cm³/mol. The molecule has 0 bridgehead atoms. The SMILES string of the molecule is CCCc1c(CC)[nH]c(=O)c2ccccc12. The Balaban J connectivity index is 2.81. The van der Waals surface area contributed by atoms with E-state index in [4.69, 9.17) is 0 Å². The summed E-state index contributed by atoms with van der Waals surface area (Å²) in [5.74, 6) is 0. The molecule has 84 valence electrons. The normalized spacial score (nSPS) is 10.9. The Labute approximate surface area is 95.3 Å². The molecule has 0 fully saturated rings. The van der Waals surface area contributed by atoms with Crippen LogP contribution in [-0.2, 0) is 12.8 Å². The van der Waals surface area contributed by atoms with Crippen LogP contribution in [0.25, 0.3) is 10.8 Å². The van der Waals surface area contributed by atoms with Crippen molar-refractivity contribution in [2.75, 3.05) is 0 Å². The number of hydrogen-bond donors (Lipinski definition) is 1. The smallest absolute Gasteiger partial charge is 0.256 e. The third kappa shape index (κ3) is 1.75. The number of pyridine rings is 1. The quantitative estimate of drug-likeness (QED) is 0.838. The molecule has 2 aromatic rings. The van der Waals surface area contributed by atoms with E-state index in [1.165, 1.54) is 5.56 Å². The van der Waals surface area contributed by atoms with Gasteiger partial charge < -0.3 is 4.98 Å². The molecule has 0 spiro atoms. The number of aryl methyl sites for hydroxylation is 2. The van der Waals surface area contributed by atoms with Gasteiger partial charge in [-0.05, 0) is 29.9 Å². The van der Waals surface area contributed by atoms with Crippen molar-refractivity contribution >= 4 is 10.8 Å². The molecule has 2 rings (SSSR count). The van der Waals surface area contributed by atoms with E-state index in [0.29, 0.717) is 0 Å². The number of nitrogens with one attached hydrogen (secondary N) is 1. The molecule has 1 aromatic heterocycles. The molecule has 1 aromatic carbocycles. The number of rotatable bonds is 3. The van der Waals surface area contributed by atoms with Gasteiger partial charge in [-0.2, -0.15) is 0 Å². The Hall–Kier alpha value is -1.57. The minimum Gasteiger partial charge on any atom is -0.325 e. The monoisotopic (exact) mass is 215 g/mol. The van der Waals surface area contributed by atoms with E-state index in [2.05, 4.69) is 24.9 Å². The highest BCUT2D eigenvalue weighted by Crippen LogP contribution is 2.19. The average Bonchev–Trinajstić information content (AvgIpc) is 2.33. The Kier molecular flexibility index (Phi) is 3.09. The van der Waals surface area contributed by atoms with Gasteiger partial charge in [0.15, 0.2) is 0 Å². The third-order valence-electron chi connectivity index (χ3n) is 2.98. The van der Waals surface area contributed by atoms with Crippen LogP contribution in [-0.4, -0.2) is 4.98 Å². The van der Waals surface area contributed by atoms with Crippen molar-refractivity contribution in [1.29, 1.82) is 0 Å². The van der Waals surface area contributed by atoms with Gasteiger partial charge in [0.05, 0.1) is 0 Å². The first-order valence-electron chi connectivity index (χ1n) is 5.90. The van der Waals surface area contributed by atoms with Crippen LogP contribution in [0.3, 0.4) is 0 Å². The molecule has 0 aliphatic rings. The van der Waals surface area contributed by atoms with E-state index < -0.39 is 0 Å². The van der Waals surface area contributed by atoms with Crippen molar-refractivity contribution in [1.82, 2.24) is 4.98 Å². The van der Waals surface area contributed by atoms with Crippen molar-refractivity contribution < 1.29 is 0 Å². The van der Waals surface area contributed by atoms with Crippen molar-refractivity contribution in [3.05, 3.63) is 45.9 Å². The highest BCUT2D eigenvalue weighted by atomic mass is 16.1. The Morgan fingerprint density at radius 3 is 2.44 bits per heavy atom. The molecule has 16 heavy (non-hydrogen) atoms. The Morgan fingerprint density at radius 2 is 1.81 bits per heavy atom. The summed E-state index contributed by atoms with van der Waals surface area (Å²) in [5.41, 5.74) is 2.43. The standard InChI is InChI=1S/C14H17NO/c1-3-7-11-10-8-5-6-9-12(10)14(16)15-13(11)4-2/h5-6,8-9H,3-4,7H2,1-2H3,(H,15,16). The number of hydrogen-bond acceptors (Lipinski definition) is 1. The zero-order chi connectivity index (χ0) is 11.5. The van der Waals surface area contributed by atoms with E-state index in [1.54, 1.807) is 0 Å². The number of H-pyrrole nitrogens is 1. The molecular weight excluding hydrogens is 198 g/mol. The summed E-state index contributed by atoms with van der Waals surface area (Å²) in [5, 5.41) is 1.92. The summed E-state index contributed by atoms with van der Waals surface area (Å²) >= 11 is 0. The molecule has 0 saturated heterocycles. The first-order chi connectivity index (χ1) is 7.77. The second-order valence-corrected chi connectivity index (χ2v) is 4.06. The zero-order valence-electron chi connectivity index (χ0n) is 9.84. The summed E-state index contributed by atoms with van der Waals surface area (Å²) in [7, 11) is 0. The number of fused-ring (bicyclic) bond motifs is 1. The van der Waals surface area contributed by atoms with Gasteiger partial charge in [-0.3, -0.25) is 4.79 Å². The highest BCUT2D eigenvalue weighted by Gasteiger charge is 2.08. The lowest BCUT2D eigenvalue weighted by molar-refractivity contribution is 0.882. The van der Waals surface area contributed by atoms with E-state index in [1.807, 2.05) is 18.2 Å². The van der Waals surface area contributed by atoms with Crippen LogP contribution in [0.5, 0.6) is 0 Å². The fourth-order valence-electron chi connectivity index (χ4n) is 2.22. The van der Waals surface area contributed by atoms with Crippen molar-refractivity contribution in [3.63, 3.8) is 0 Å². The molecule has 0 aliphatic carbocycles. The lowest BCUT2D eigenvalue weighted by atomic mass is 9.99. The maximum atomic E-state index is 11.9. The minimum absolute atomic E-state index is 0.0345. The molecule has 2 nitrogen and oxygen atoms in total. The van der Waals surface area contributed by atoms with E-state index in [-0.39, 0.29) is 5.56 Å². The number of aromatic amines is 1. The second-order valence-electron chi connectivity index (χ2n) is 4.06. The van der Waals surface area contributed by atoms with Crippen LogP contribution in [0.1, 0.15) is 31.5 Å². The predicted octanol–water partition coefficient (Wildman–Crippen LogP) is 3.04. The van der Waals surface area contributed by atoms with Crippen LogP contribution in [0.2, 0.25) is 0 Å². The van der Waals surface area contributed by atoms with Gasteiger partial charge in [0.25, 0.3) is 5.56 Å². The summed E-state index contributed by atoms with van der Waals surface area (Å²) in [6.45, 7) is 4.25. The maximum absolute atomic E-state index is 11.9. The van der Waals surface area contributed by atoms with Gasteiger partial charge in [-0.1, -0.05) is 38.5 Å². The highest BCUT2D eigenvalue weighted by molar-refractivity contribution is 5.85. The van der Waals surface area contributed by atoms with Gasteiger partial charge in [-0.25, -0.2) is 0 Å². The van der Waals surface area contributed by atoms with Crippen LogP contribution in [0, 0.1) is 0 Å². The zero-order valence-corrected chi connectivity index (χ0v) is 9.84. The fourth-order valence-corrected chi connectivity index (χ4v) is 2.22.